The first-order chi connectivity index (χ1) is 14.4. The zero-order chi connectivity index (χ0) is 21.6. The zero-order valence-corrected chi connectivity index (χ0v) is 22.2. The molecule has 0 spiro atoms. The lowest BCUT2D eigenvalue weighted by Crippen LogP contribution is -2.48. The number of nitrogens with one attached hydrogen (secondary N) is 2. The van der Waals surface area contributed by atoms with Gasteiger partial charge in [-0.25, -0.2) is 17.7 Å². The summed E-state index contributed by atoms with van der Waals surface area (Å²) >= 11 is 1.78. The molecule has 1 saturated heterocycles. The number of hydrogen-bond acceptors (Lipinski definition) is 5. The van der Waals surface area contributed by atoms with Crippen LogP contribution in [0, 0.1) is 0 Å². The number of thiophene rings is 1. The number of nitrogens with zero attached hydrogens (tertiary/aromatic N) is 3. The van der Waals surface area contributed by atoms with E-state index in [9.17, 15) is 8.42 Å². The SMILES string of the molecule is CCNC(=NCc1ccccc1S(=O)(=O)N(C)C)NC1CCN(c2cccs2)CC1.I. The Morgan fingerprint density at radius 2 is 1.90 bits per heavy atom. The standard InChI is InChI=1S/C21H31N5O2S2.HI/c1-4-22-21(24-18-11-13-26(14-12-18)20-10-7-15-29-20)23-16-17-8-5-6-9-19(17)30(27,28)25(2)3;/h5-10,15,18H,4,11-14,16H2,1-3H3,(H2,22,23,24);1H. The first-order valence-corrected chi connectivity index (χ1v) is 12.6. The number of halogens is 1. The Labute approximate surface area is 207 Å². The van der Waals surface area contributed by atoms with E-state index in [2.05, 4.69) is 38.0 Å². The van der Waals surface area contributed by atoms with E-state index in [1.807, 2.05) is 19.1 Å². The van der Waals surface area contributed by atoms with Crippen molar-refractivity contribution in [1.82, 2.24) is 14.9 Å². The number of sulfonamides is 1. The Balaban J connectivity index is 0.00000341. The Morgan fingerprint density at radius 1 is 1.19 bits per heavy atom. The van der Waals surface area contributed by atoms with Gasteiger partial charge in [-0.3, -0.25) is 0 Å². The maximum absolute atomic E-state index is 12.6. The molecule has 1 aromatic carbocycles. The lowest BCUT2D eigenvalue weighted by atomic mass is 10.1. The van der Waals surface area contributed by atoms with Gasteiger partial charge in [-0.05, 0) is 48.9 Å². The molecule has 1 aromatic heterocycles. The van der Waals surface area contributed by atoms with Crippen LogP contribution in [0.25, 0.3) is 0 Å². The molecular formula is C21H32IN5O2S2. The molecule has 2 heterocycles. The number of guanidine groups is 1. The van der Waals surface area contributed by atoms with Crippen LogP contribution in [0.2, 0.25) is 0 Å². The molecule has 1 aliphatic heterocycles. The van der Waals surface area contributed by atoms with Crippen LogP contribution >= 0.6 is 35.3 Å². The summed E-state index contributed by atoms with van der Waals surface area (Å²) in [5, 5.41) is 10.3. The molecule has 1 aliphatic rings. The van der Waals surface area contributed by atoms with Crippen LogP contribution in [0.4, 0.5) is 5.00 Å². The van der Waals surface area contributed by atoms with E-state index in [1.165, 1.54) is 9.31 Å². The summed E-state index contributed by atoms with van der Waals surface area (Å²) in [6.07, 6.45) is 2.07. The van der Waals surface area contributed by atoms with Crippen molar-refractivity contribution in [2.45, 2.75) is 37.2 Å². The molecule has 0 saturated carbocycles. The lowest BCUT2D eigenvalue weighted by Gasteiger charge is -2.33. The largest absolute Gasteiger partial charge is 0.363 e. The van der Waals surface area contributed by atoms with Gasteiger partial charge in [-0.2, -0.15) is 0 Å². The van der Waals surface area contributed by atoms with E-state index in [0.29, 0.717) is 23.0 Å². The van der Waals surface area contributed by atoms with Gasteiger partial charge in [0.05, 0.1) is 16.4 Å². The third kappa shape index (κ3) is 6.80. The quantitative estimate of drug-likeness (QED) is 0.300. The maximum Gasteiger partial charge on any atom is 0.242 e. The van der Waals surface area contributed by atoms with Crippen molar-refractivity contribution in [3.63, 3.8) is 0 Å². The molecule has 2 aromatic rings. The van der Waals surface area contributed by atoms with Gasteiger partial charge in [-0.15, -0.1) is 35.3 Å². The van der Waals surface area contributed by atoms with Crippen molar-refractivity contribution in [3.8, 4) is 0 Å². The summed E-state index contributed by atoms with van der Waals surface area (Å²) in [5.41, 5.74) is 0.691. The van der Waals surface area contributed by atoms with Gasteiger partial charge >= 0.3 is 0 Å². The maximum atomic E-state index is 12.6. The Hall–Kier alpha value is -1.37. The van der Waals surface area contributed by atoms with Crippen LogP contribution in [0.5, 0.6) is 0 Å². The van der Waals surface area contributed by atoms with Crippen LogP contribution < -0.4 is 15.5 Å². The summed E-state index contributed by atoms with van der Waals surface area (Å²) < 4.78 is 26.5. The van der Waals surface area contributed by atoms with Crippen molar-refractivity contribution in [1.29, 1.82) is 0 Å². The van der Waals surface area contributed by atoms with E-state index in [4.69, 9.17) is 0 Å². The van der Waals surface area contributed by atoms with Crippen LogP contribution in [-0.2, 0) is 16.6 Å². The molecule has 1 fully saturated rings. The topological polar surface area (TPSA) is 77.0 Å². The molecule has 0 bridgehead atoms. The van der Waals surface area contributed by atoms with E-state index in [1.54, 1.807) is 37.6 Å². The fraction of sp³-hybridized carbons (Fsp3) is 0.476. The van der Waals surface area contributed by atoms with Gasteiger partial charge in [0.25, 0.3) is 0 Å². The lowest BCUT2D eigenvalue weighted by molar-refractivity contribution is 0.462. The number of aliphatic imine (C=N–C) groups is 1. The first-order valence-electron chi connectivity index (χ1n) is 10.3. The highest BCUT2D eigenvalue weighted by Gasteiger charge is 2.22. The highest BCUT2D eigenvalue weighted by molar-refractivity contribution is 14.0. The van der Waals surface area contributed by atoms with E-state index in [0.717, 1.165) is 38.4 Å². The molecule has 7 nitrogen and oxygen atoms in total. The molecule has 0 aliphatic carbocycles. The second kappa shape index (κ2) is 12.0. The third-order valence-corrected chi connectivity index (χ3v) is 7.98. The molecule has 31 heavy (non-hydrogen) atoms. The van der Waals surface area contributed by atoms with Crippen molar-refractivity contribution in [2.24, 2.45) is 4.99 Å². The van der Waals surface area contributed by atoms with Crippen LogP contribution in [0.15, 0.2) is 51.7 Å². The smallest absolute Gasteiger partial charge is 0.242 e. The highest BCUT2D eigenvalue weighted by Crippen LogP contribution is 2.25. The average molecular weight is 578 g/mol. The fourth-order valence-electron chi connectivity index (χ4n) is 3.45. The predicted molar refractivity (Wildman–Crippen MR) is 140 cm³/mol. The van der Waals surface area contributed by atoms with Crippen molar-refractivity contribution >= 4 is 56.3 Å². The Bertz CT molecular complexity index is 940. The van der Waals surface area contributed by atoms with E-state index in [-0.39, 0.29) is 24.0 Å². The minimum absolute atomic E-state index is 0. The second-order valence-electron chi connectivity index (χ2n) is 7.45. The number of benzene rings is 1. The van der Waals surface area contributed by atoms with Gasteiger partial charge in [0.1, 0.15) is 0 Å². The molecular weight excluding hydrogens is 545 g/mol. The molecule has 2 N–H and O–H groups in total. The monoisotopic (exact) mass is 577 g/mol. The van der Waals surface area contributed by atoms with Crippen LogP contribution in [-0.4, -0.2) is 58.5 Å². The normalized spacial score (nSPS) is 15.6. The number of anilines is 1. The molecule has 0 amide bonds. The summed E-state index contributed by atoms with van der Waals surface area (Å²) in [5.74, 6) is 0.726. The highest BCUT2D eigenvalue weighted by atomic mass is 127. The number of rotatable bonds is 7. The van der Waals surface area contributed by atoms with Crippen molar-refractivity contribution < 1.29 is 8.42 Å². The van der Waals surface area contributed by atoms with Crippen molar-refractivity contribution in [2.75, 3.05) is 38.6 Å². The Kier molecular flexibility index (Phi) is 10.0. The summed E-state index contributed by atoms with van der Waals surface area (Å²) in [6.45, 7) is 5.11. The van der Waals surface area contributed by atoms with Gasteiger partial charge in [0.15, 0.2) is 5.96 Å². The van der Waals surface area contributed by atoms with Gasteiger partial charge < -0.3 is 15.5 Å². The third-order valence-electron chi connectivity index (χ3n) is 5.14. The summed E-state index contributed by atoms with van der Waals surface area (Å²) in [7, 11) is -0.414. The predicted octanol–water partition coefficient (Wildman–Crippen LogP) is 3.34. The number of hydrogen-bond donors (Lipinski definition) is 2. The molecule has 10 heteroatoms. The summed E-state index contributed by atoms with van der Waals surface area (Å²) in [6, 6.07) is 11.7. The average Bonchev–Trinajstić information content (AvgIpc) is 3.28. The van der Waals surface area contributed by atoms with Gasteiger partial charge in [-0.1, -0.05) is 18.2 Å². The fourth-order valence-corrected chi connectivity index (χ4v) is 5.35. The van der Waals surface area contributed by atoms with E-state index >= 15 is 0 Å². The molecule has 3 rings (SSSR count). The Morgan fingerprint density at radius 3 is 2.52 bits per heavy atom. The van der Waals surface area contributed by atoms with Crippen LogP contribution in [0.3, 0.4) is 0 Å². The zero-order valence-electron chi connectivity index (χ0n) is 18.2. The first kappa shape index (κ1) is 25.9. The second-order valence-corrected chi connectivity index (χ2v) is 10.5. The summed E-state index contributed by atoms with van der Waals surface area (Å²) in [4.78, 5) is 7.41. The van der Waals surface area contributed by atoms with Gasteiger partial charge in [0, 0.05) is 39.8 Å². The molecule has 0 radical (unpaired) electrons. The van der Waals surface area contributed by atoms with Gasteiger partial charge in [0.2, 0.25) is 10.0 Å². The van der Waals surface area contributed by atoms with E-state index < -0.39 is 10.0 Å². The molecule has 172 valence electrons. The van der Waals surface area contributed by atoms with Crippen molar-refractivity contribution in [3.05, 3.63) is 47.3 Å². The minimum Gasteiger partial charge on any atom is -0.363 e. The number of piperidine rings is 1. The minimum atomic E-state index is -3.50. The van der Waals surface area contributed by atoms with Crippen LogP contribution in [0.1, 0.15) is 25.3 Å². The molecule has 0 atom stereocenters. The molecule has 0 unspecified atom stereocenters.